The van der Waals surface area contributed by atoms with E-state index in [4.69, 9.17) is 4.42 Å². The number of carbonyl (C=O) groups is 1. The molecule has 0 radical (unpaired) electrons. The van der Waals surface area contributed by atoms with E-state index in [1.165, 1.54) is 29.9 Å². The van der Waals surface area contributed by atoms with Crippen LogP contribution in [0.1, 0.15) is 54.3 Å². The Bertz CT molecular complexity index is 1170. The molecule has 2 aromatic heterocycles. The van der Waals surface area contributed by atoms with E-state index in [-0.39, 0.29) is 34.8 Å². The van der Waals surface area contributed by atoms with Crippen molar-refractivity contribution in [2.24, 2.45) is 0 Å². The number of nitrogens with zero attached hydrogens (tertiary/aromatic N) is 2. The van der Waals surface area contributed by atoms with Crippen LogP contribution >= 0.6 is 0 Å². The van der Waals surface area contributed by atoms with Crippen LogP contribution in [0.15, 0.2) is 45.7 Å². The molecule has 1 saturated heterocycles. The number of aromatic nitrogens is 1. The zero-order valence-corrected chi connectivity index (χ0v) is 18.7. The second-order valence-corrected chi connectivity index (χ2v) is 8.60. The minimum absolute atomic E-state index is 0.0841. The number of halogens is 1. The molecule has 1 N–H and O–H groups in total. The highest BCUT2D eigenvalue weighted by atomic mass is 19.1. The Morgan fingerprint density at radius 2 is 2.06 bits per heavy atom. The summed E-state index contributed by atoms with van der Waals surface area (Å²) in [6.45, 7) is 6.62. The van der Waals surface area contributed by atoms with Gasteiger partial charge in [0.2, 0.25) is 0 Å². The lowest BCUT2D eigenvalue weighted by Crippen LogP contribution is -2.39. The monoisotopic (exact) mass is 439 g/mol. The average Bonchev–Trinajstić information content (AvgIpc) is 3.12. The molecule has 3 aromatic rings. The Morgan fingerprint density at radius 3 is 2.84 bits per heavy atom. The van der Waals surface area contributed by atoms with Gasteiger partial charge in [-0.2, -0.15) is 0 Å². The van der Waals surface area contributed by atoms with Crippen molar-refractivity contribution in [2.45, 2.75) is 52.1 Å². The summed E-state index contributed by atoms with van der Waals surface area (Å²) in [6.07, 6.45) is 6.17. The van der Waals surface area contributed by atoms with Gasteiger partial charge < -0.3 is 19.2 Å². The fourth-order valence-electron chi connectivity index (χ4n) is 4.54. The third kappa shape index (κ3) is 4.63. The maximum absolute atomic E-state index is 14.1. The van der Waals surface area contributed by atoms with E-state index in [2.05, 4.69) is 17.1 Å². The van der Waals surface area contributed by atoms with Crippen LogP contribution in [0.5, 0.6) is 0 Å². The summed E-state index contributed by atoms with van der Waals surface area (Å²) in [5.74, 6) is -0.277. The van der Waals surface area contributed by atoms with Crippen molar-refractivity contribution in [3.8, 4) is 0 Å². The smallest absolute Gasteiger partial charge is 0.262 e. The highest BCUT2D eigenvalue weighted by molar-refractivity contribution is 6.06. The number of hydrogen-bond acceptors (Lipinski definition) is 4. The maximum Gasteiger partial charge on any atom is 0.262 e. The number of fused-ring (bicyclic) bond motifs is 1. The first-order chi connectivity index (χ1) is 15.5. The van der Waals surface area contributed by atoms with Crippen molar-refractivity contribution in [3.63, 3.8) is 0 Å². The minimum atomic E-state index is -0.371. The van der Waals surface area contributed by atoms with E-state index in [1.54, 1.807) is 37.4 Å². The molecule has 32 heavy (non-hydrogen) atoms. The van der Waals surface area contributed by atoms with E-state index >= 15 is 0 Å². The van der Waals surface area contributed by atoms with Gasteiger partial charge in [0.25, 0.3) is 11.5 Å². The SMILES string of the molecule is Cc1oc2ccn(Cc3ccccc3F)c(=O)c2c1C(=O)NCCCN1CCCC[C@@H]1C. The molecule has 0 aliphatic carbocycles. The molecule has 1 amide bonds. The van der Waals surface area contributed by atoms with Gasteiger partial charge in [-0.3, -0.25) is 9.59 Å². The molecular weight excluding hydrogens is 409 g/mol. The van der Waals surface area contributed by atoms with Crippen molar-refractivity contribution in [2.75, 3.05) is 19.6 Å². The number of benzene rings is 1. The second-order valence-electron chi connectivity index (χ2n) is 8.60. The molecule has 1 aromatic carbocycles. The number of hydrogen-bond donors (Lipinski definition) is 1. The molecule has 1 aliphatic rings. The van der Waals surface area contributed by atoms with Crippen LogP contribution in [0, 0.1) is 12.7 Å². The zero-order chi connectivity index (χ0) is 22.7. The average molecular weight is 440 g/mol. The summed E-state index contributed by atoms with van der Waals surface area (Å²) in [5.41, 5.74) is 0.672. The first-order valence-corrected chi connectivity index (χ1v) is 11.3. The molecule has 6 nitrogen and oxygen atoms in total. The van der Waals surface area contributed by atoms with Crippen molar-refractivity contribution in [1.82, 2.24) is 14.8 Å². The summed E-state index contributed by atoms with van der Waals surface area (Å²) < 4.78 is 21.2. The van der Waals surface area contributed by atoms with E-state index in [1.807, 2.05) is 0 Å². The number of pyridine rings is 1. The summed E-state index contributed by atoms with van der Waals surface area (Å²) >= 11 is 0. The lowest BCUT2D eigenvalue weighted by molar-refractivity contribution is 0.0948. The van der Waals surface area contributed by atoms with E-state index in [0.29, 0.717) is 29.5 Å². The van der Waals surface area contributed by atoms with Gasteiger partial charge in [-0.15, -0.1) is 0 Å². The number of piperidine rings is 1. The van der Waals surface area contributed by atoms with Gasteiger partial charge in [-0.05, 0) is 51.8 Å². The van der Waals surface area contributed by atoms with Gasteiger partial charge >= 0.3 is 0 Å². The molecular formula is C25H30FN3O3. The molecule has 170 valence electrons. The highest BCUT2D eigenvalue weighted by Crippen LogP contribution is 2.23. The Balaban J connectivity index is 1.49. The number of aryl methyl sites for hydroxylation is 1. The topological polar surface area (TPSA) is 67.5 Å². The van der Waals surface area contributed by atoms with Gasteiger partial charge in [-0.25, -0.2) is 4.39 Å². The van der Waals surface area contributed by atoms with Gasteiger partial charge in [0.05, 0.1) is 17.5 Å². The Hall–Kier alpha value is -2.93. The number of nitrogens with one attached hydrogen (secondary N) is 1. The van der Waals surface area contributed by atoms with Crippen LogP contribution in [0.25, 0.3) is 11.0 Å². The maximum atomic E-state index is 14.1. The lowest BCUT2D eigenvalue weighted by atomic mass is 10.0. The van der Waals surface area contributed by atoms with E-state index in [0.717, 1.165) is 19.5 Å². The number of likely N-dealkylation sites (tertiary alicyclic amines) is 1. The quantitative estimate of drug-likeness (QED) is 0.563. The van der Waals surface area contributed by atoms with Crippen LogP contribution < -0.4 is 10.9 Å². The van der Waals surface area contributed by atoms with E-state index in [9.17, 15) is 14.0 Å². The van der Waals surface area contributed by atoms with Gasteiger partial charge in [0.1, 0.15) is 17.2 Å². The fraction of sp³-hybridized carbons (Fsp3) is 0.440. The molecule has 0 spiro atoms. The predicted molar refractivity (Wildman–Crippen MR) is 123 cm³/mol. The molecule has 0 unspecified atom stereocenters. The first-order valence-electron chi connectivity index (χ1n) is 11.3. The van der Waals surface area contributed by atoms with Gasteiger partial charge in [0, 0.05) is 30.9 Å². The molecule has 4 rings (SSSR count). The predicted octanol–water partition coefficient (Wildman–Crippen LogP) is 4.08. The summed E-state index contributed by atoms with van der Waals surface area (Å²) in [6, 6.07) is 8.59. The Labute approximate surface area is 187 Å². The van der Waals surface area contributed by atoms with Crippen LogP contribution in [-0.4, -0.2) is 41.1 Å². The standard InChI is InChI=1S/C25H30FN3O3/c1-17-8-5-6-13-28(17)14-7-12-27-24(30)22-18(2)32-21-11-15-29(25(31)23(21)22)16-19-9-3-4-10-20(19)26/h3-4,9-11,15,17H,5-8,12-14,16H2,1-2H3,(H,27,30)/t17-/m0/s1. The summed E-state index contributed by atoms with van der Waals surface area (Å²) in [5, 5.41) is 3.18. The van der Waals surface area contributed by atoms with Crippen molar-refractivity contribution < 1.29 is 13.6 Å². The number of amides is 1. The van der Waals surface area contributed by atoms with Gasteiger partial charge in [-0.1, -0.05) is 24.6 Å². The largest absolute Gasteiger partial charge is 0.460 e. The third-order valence-corrected chi connectivity index (χ3v) is 6.37. The van der Waals surface area contributed by atoms with Crippen molar-refractivity contribution in [1.29, 1.82) is 0 Å². The van der Waals surface area contributed by atoms with Crippen LogP contribution in [-0.2, 0) is 6.54 Å². The van der Waals surface area contributed by atoms with Crippen LogP contribution in [0.2, 0.25) is 0 Å². The number of furan rings is 1. The van der Waals surface area contributed by atoms with Crippen LogP contribution in [0.4, 0.5) is 4.39 Å². The molecule has 7 heteroatoms. The minimum Gasteiger partial charge on any atom is -0.460 e. The lowest BCUT2D eigenvalue weighted by Gasteiger charge is -2.33. The van der Waals surface area contributed by atoms with E-state index < -0.39 is 0 Å². The van der Waals surface area contributed by atoms with Crippen molar-refractivity contribution in [3.05, 3.63) is 69.6 Å². The highest BCUT2D eigenvalue weighted by Gasteiger charge is 2.22. The van der Waals surface area contributed by atoms with Crippen LogP contribution in [0.3, 0.4) is 0 Å². The third-order valence-electron chi connectivity index (χ3n) is 6.37. The van der Waals surface area contributed by atoms with Gasteiger partial charge in [0.15, 0.2) is 0 Å². The Morgan fingerprint density at radius 1 is 1.25 bits per heavy atom. The number of rotatable bonds is 7. The first kappa shape index (κ1) is 22.3. The zero-order valence-electron chi connectivity index (χ0n) is 18.7. The van der Waals surface area contributed by atoms with Crippen molar-refractivity contribution >= 4 is 16.9 Å². The summed E-state index contributed by atoms with van der Waals surface area (Å²) in [4.78, 5) is 28.6. The molecule has 1 aliphatic heterocycles. The molecule has 1 fully saturated rings. The Kier molecular flexibility index (Phi) is 6.74. The summed E-state index contributed by atoms with van der Waals surface area (Å²) in [7, 11) is 0. The molecule has 1 atom stereocenters. The number of carbonyl (C=O) groups excluding carboxylic acids is 1. The normalized spacial score (nSPS) is 17.0. The molecule has 0 bridgehead atoms. The molecule has 3 heterocycles. The second kappa shape index (κ2) is 9.69. The molecule has 0 saturated carbocycles. The fourth-order valence-corrected chi connectivity index (χ4v) is 4.54.